The second kappa shape index (κ2) is 10.6. The van der Waals surface area contributed by atoms with Gasteiger partial charge >= 0.3 is 5.97 Å². The van der Waals surface area contributed by atoms with Crippen molar-refractivity contribution in [3.8, 4) is 0 Å². The molecule has 1 N–H and O–H groups in total. The van der Waals surface area contributed by atoms with E-state index >= 15 is 0 Å². The molecule has 0 aromatic heterocycles. The van der Waals surface area contributed by atoms with Gasteiger partial charge in [-0.2, -0.15) is 0 Å². The molecule has 2 bridgehead atoms. The Balaban J connectivity index is 1.26. The standard InChI is InChI=1S/C34H34N2O5/c1-4-5-17-25(34(40)41-18-26(37)35-31-19(2)11-10-12-20(31)3)36-32(38)29-27-21-13-6-7-14-22(21)28(30(29)33(36)39)24-16-9-8-15-23(24)27/h6-16,25,27-30H,4-5,17-18H2,1-3H3,(H,35,37)/t25-,27?,28?,29-,30-/m1/s1. The molecule has 7 nitrogen and oxygen atoms in total. The third-order valence-electron chi connectivity index (χ3n) is 8.99. The molecular formula is C34H34N2O5. The summed E-state index contributed by atoms with van der Waals surface area (Å²) in [7, 11) is 0. The first-order valence-electron chi connectivity index (χ1n) is 14.4. The van der Waals surface area contributed by atoms with Crippen molar-refractivity contribution in [3.05, 3.63) is 100 Å². The van der Waals surface area contributed by atoms with Crippen LogP contribution in [0.5, 0.6) is 0 Å². The number of aryl methyl sites for hydroxylation is 2. The van der Waals surface area contributed by atoms with Crippen LogP contribution in [-0.4, -0.2) is 41.2 Å². The van der Waals surface area contributed by atoms with Crippen LogP contribution in [0.15, 0.2) is 66.7 Å². The lowest BCUT2D eigenvalue weighted by Gasteiger charge is -2.45. The third kappa shape index (κ3) is 4.35. The van der Waals surface area contributed by atoms with Crippen LogP contribution in [0.25, 0.3) is 0 Å². The highest BCUT2D eigenvalue weighted by Crippen LogP contribution is 2.61. The van der Waals surface area contributed by atoms with Crippen molar-refractivity contribution < 1.29 is 23.9 Å². The number of carbonyl (C=O) groups is 4. The van der Waals surface area contributed by atoms with E-state index in [1.165, 1.54) is 4.90 Å². The number of amides is 3. The Bertz CT molecular complexity index is 1430. The number of para-hydroxylation sites is 1. The molecule has 210 valence electrons. The Morgan fingerprint density at radius 3 is 1.76 bits per heavy atom. The number of anilines is 1. The maximum absolute atomic E-state index is 14.1. The molecule has 0 unspecified atom stereocenters. The van der Waals surface area contributed by atoms with Crippen molar-refractivity contribution in [2.45, 2.75) is 57.9 Å². The smallest absolute Gasteiger partial charge is 0.329 e. The van der Waals surface area contributed by atoms with Crippen LogP contribution in [0.1, 0.15) is 71.4 Å². The summed E-state index contributed by atoms with van der Waals surface area (Å²) in [6.07, 6.45) is 1.70. The monoisotopic (exact) mass is 550 g/mol. The van der Waals surface area contributed by atoms with Crippen LogP contribution < -0.4 is 5.32 Å². The van der Waals surface area contributed by atoms with Crippen molar-refractivity contribution in [2.75, 3.05) is 11.9 Å². The minimum absolute atomic E-state index is 0.246. The first-order chi connectivity index (χ1) is 19.8. The summed E-state index contributed by atoms with van der Waals surface area (Å²) in [6.45, 7) is 5.27. The number of likely N-dealkylation sites (tertiary alicyclic amines) is 1. The molecule has 1 aliphatic heterocycles. The van der Waals surface area contributed by atoms with Gasteiger partial charge in [0.1, 0.15) is 6.04 Å². The molecule has 7 heteroatoms. The number of esters is 1. The zero-order valence-electron chi connectivity index (χ0n) is 23.6. The van der Waals surface area contributed by atoms with Crippen molar-refractivity contribution in [3.63, 3.8) is 0 Å². The van der Waals surface area contributed by atoms with Crippen LogP contribution in [-0.2, 0) is 23.9 Å². The lowest BCUT2D eigenvalue weighted by atomic mass is 9.55. The number of unbranched alkanes of at least 4 members (excludes halogenated alkanes) is 1. The second-order valence-electron chi connectivity index (χ2n) is 11.4. The van der Waals surface area contributed by atoms with Crippen LogP contribution in [0.4, 0.5) is 5.69 Å². The predicted octanol–water partition coefficient (Wildman–Crippen LogP) is 5.24. The minimum atomic E-state index is -1.07. The van der Waals surface area contributed by atoms with Gasteiger partial charge in [0.2, 0.25) is 11.8 Å². The lowest BCUT2D eigenvalue weighted by Crippen LogP contribution is -2.47. The molecule has 1 heterocycles. The summed E-state index contributed by atoms with van der Waals surface area (Å²) < 4.78 is 5.47. The van der Waals surface area contributed by atoms with Gasteiger partial charge in [-0.15, -0.1) is 0 Å². The summed E-state index contributed by atoms with van der Waals surface area (Å²) in [5.41, 5.74) is 6.80. The highest BCUT2D eigenvalue weighted by atomic mass is 16.5. The molecule has 4 aliphatic rings. The normalized spacial score (nSPS) is 22.6. The van der Waals surface area contributed by atoms with Gasteiger partial charge in [-0.3, -0.25) is 19.3 Å². The van der Waals surface area contributed by atoms with Crippen LogP contribution in [0.2, 0.25) is 0 Å². The largest absolute Gasteiger partial charge is 0.454 e. The Morgan fingerprint density at radius 2 is 1.29 bits per heavy atom. The molecule has 0 spiro atoms. The fourth-order valence-corrected chi connectivity index (χ4v) is 7.18. The fourth-order valence-electron chi connectivity index (χ4n) is 7.18. The van der Waals surface area contributed by atoms with E-state index < -0.39 is 36.4 Å². The number of rotatable bonds is 8. The number of hydrogen-bond donors (Lipinski definition) is 1. The maximum Gasteiger partial charge on any atom is 0.329 e. The van der Waals surface area contributed by atoms with Crippen LogP contribution in [0.3, 0.4) is 0 Å². The van der Waals surface area contributed by atoms with E-state index in [-0.39, 0.29) is 23.7 Å². The molecule has 1 fully saturated rings. The maximum atomic E-state index is 14.1. The van der Waals surface area contributed by atoms with E-state index in [4.69, 9.17) is 4.74 Å². The fraction of sp³-hybridized carbons (Fsp3) is 0.353. The van der Waals surface area contributed by atoms with E-state index in [0.29, 0.717) is 18.5 Å². The molecule has 7 rings (SSSR count). The van der Waals surface area contributed by atoms with E-state index in [1.54, 1.807) is 0 Å². The summed E-state index contributed by atoms with van der Waals surface area (Å²) >= 11 is 0. The lowest BCUT2D eigenvalue weighted by molar-refractivity contribution is -0.160. The number of benzene rings is 3. The Morgan fingerprint density at radius 1 is 0.805 bits per heavy atom. The van der Waals surface area contributed by atoms with Crippen molar-refractivity contribution >= 4 is 29.4 Å². The molecule has 3 aromatic carbocycles. The van der Waals surface area contributed by atoms with Gasteiger partial charge in [-0.05, 0) is 53.6 Å². The van der Waals surface area contributed by atoms with E-state index in [0.717, 1.165) is 39.8 Å². The first kappa shape index (κ1) is 26.9. The van der Waals surface area contributed by atoms with Gasteiger partial charge < -0.3 is 10.1 Å². The molecule has 41 heavy (non-hydrogen) atoms. The number of imide groups is 1. The third-order valence-corrected chi connectivity index (χ3v) is 8.99. The van der Waals surface area contributed by atoms with E-state index in [1.807, 2.05) is 63.2 Å². The van der Waals surface area contributed by atoms with E-state index in [9.17, 15) is 19.2 Å². The van der Waals surface area contributed by atoms with Gasteiger partial charge in [0, 0.05) is 17.5 Å². The molecule has 3 atom stereocenters. The van der Waals surface area contributed by atoms with Gasteiger partial charge in [0.05, 0.1) is 11.8 Å². The molecule has 3 aliphatic carbocycles. The van der Waals surface area contributed by atoms with Gasteiger partial charge in [-0.25, -0.2) is 4.79 Å². The number of nitrogens with one attached hydrogen (secondary N) is 1. The summed E-state index contributed by atoms with van der Waals surface area (Å²) in [4.78, 5) is 55.7. The predicted molar refractivity (Wildman–Crippen MR) is 154 cm³/mol. The summed E-state index contributed by atoms with van der Waals surface area (Å²) in [5, 5.41) is 2.82. The number of carbonyl (C=O) groups excluding carboxylic acids is 4. The molecule has 0 saturated carbocycles. The molecule has 3 amide bonds. The summed E-state index contributed by atoms with van der Waals surface area (Å²) in [5.74, 6) is -3.47. The first-order valence-corrected chi connectivity index (χ1v) is 14.4. The average molecular weight is 551 g/mol. The molecule has 0 radical (unpaired) electrons. The second-order valence-corrected chi connectivity index (χ2v) is 11.4. The van der Waals surface area contributed by atoms with Crippen molar-refractivity contribution in [2.24, 2.45) is 11.8 Å². The molecule has 1 saturated heterocycles. The SMILES string of the molecule is CCCC[C@H](C(=O)OCC(=O)Nc1c(C)cccc1C)N1C(=O)[C@@H]2C3c4ccccc4C(c4ccccc43)[C@H]2C1=O. The van der Waals surface area contributed by atoms with Gasteiger partial charge in [-0.1, -0.05) is 86.5 Å². The minimum Gasteiger partial charge on any atom is -0.454 e. The summed E-state index contributed by atoms with van der Waals surface area (Å²) in [6, 6.07) is 20.7. The topological polar surface area (TPSA) is 92.8 Å². The van der Waals surface area contributed by atoms with Crippen molar-refractivity contribution in [1.29, 1.82) is 0 Å². The number of nitrogens with zero attached hydrogens (tertiary/aromatic N) is 1. The Hall–Kier alpha value is -4.26. The molecular weight excluding hydrogens is 516 g/mol. The van der Waals surface area contributed by atoms with Gasteiger partial charge in [0.25, 0.3) is 5.91 Å². The number of hydrogen-bond acceptors (Lipinski definition) is 5. The highest BCUT2D eigenvalue weighted by Gasteiger charge is 2.63. The van der Waals surface area contributed by atoms with Gasteiger partial charge in [0.15, 0.2) is 6.61 Å². The van der Waals surface area contributed by atoms with Crippen LogP contribution >= 0.6 is 0 Å². The Kier molecular flexibility index (Phi) is 6.98. The zero-order chi connectivity index (χ0) is 28.8. The quantitative estimate of drug-likeness (QED) is 0.306. The van der Waals surface area contributed by atoms with Crippen molar-refractivity contribution in [1.82, 2.24) is 4.90 Å². The van der Waals surface area contributed by atoms with Crippen LogP contribution in [0, 0.1) is 25.7 Å². The molecule has 3 aromatic rings. The highest BCUT2D eigenvalue weighted by molar-refractivity contribution is 6.10. The van der Waals surface area contributed by atoms with E-state index in [2.05, 4.69) is 29.6 Å². The average Bonchev–Trinajstić information content (AvgIpc) is 3.24. The zero-order valence-corrected chi connectivity index (χ0v) is 23.6. The Labute approximate surface area is 239 Å². The number of ether oxygens (including phenoxy) is 1.